The van der Waals surface area contributed by atoms with Crippen LogP contribution in [0.25, 0.3) is 0 Å². The van der Waals surface area contributed by atoms with Gasteiger partial charge < -0.3 is 9.84 Å². The fraction of sp³-hybridized carbons (Fsp3) is 1.00. The standard InChI is InChI=1S/C3H6O2.H2N3/c4-1-3-2-5-3;1-3-2/h3-4H,1-2H2;1-2H/q;+1. The second-order valence-electron chi connectivity index (χ2n) is 1.25. The first-order valence-corrected chi connectivity index (χ1v) is 2.10. The molecule has 0 aromatic carbocycles. The zero-order chi connectivity index (χ0) is 6.41. The number of aliphatic hydroxyl groups excluding tert-OH is 1. The SMILES string of the molecule is N=[N+]=N.OCC1CO1. The minimum Gasteiger partial charge on any atom is -0.394 e. The maximum absolute atomic E-state index is 8.08. The Kier molecular flexibility index (Phi) is 3.97. The Hall–Kier alpha value is -0.770. The third-order valence-electron chi connectivity index (χ3n) is 0.606. The summed E-state index contributed by atoms with van der Waals surface area (Å²) in [4.78, 5) is 2.00. The van der Waals surface area contributed by atoms with Gasteiger partial charge in [-0.05, 0) is 0 Å². The molecule has 0 radical (unpaired) electrons. The van der Waals surface area contributed by atoms with Crippen LogP contribution in [0.4, 0.5) is 0 Å². The molecule has 1 aliphatic heterocycles. The Bertz CT molecular complexity index is 84.5. The lowest BCUT2D eigenvalue weighted by molar-refractivity contribution is 0.244. The summed E-state index contributed by atoms with van der Waals surface area (Å²) in [5, 5.41) is 8.08. The number of epoxide rings is 1. The second-order valence-corrected chi connectivity index (χ2v) is 1.25. The molecule has 1 heterocycles. The third-order valence-corrected chi connectivity index (χ3v) is 0.606. The van der Waals surface area contributed by atoms with Gasteiger partial charge in [0.2, 0.25) is 4.91 Å². The monoisotopic (exact) mass is 118 g/mol. The molecule has 1 atom stereocenters. The molecule has 0 spiro atoms. The molecular formula is C3H8N3O2+. The maximum atomic E-state index is 8.08. The number of aliphatic hydroxyl groups is 1. The van der Waals surface area contributed by atoms with E-state index in [0.29, 0.717) is 0 Å². The Morgan fingerprint density at radius 1 is 1.75 bits per heavy atom. The Balaban J connectivity index is 0.000000145. The molecule has 0 amide bonds. The molecule has 1 aliphatic rings. The van der Waals surface area contributed by atoms with Crippen molar-refractivity contribution in [1.29, 1.82) is 11.1 Å². The number of ether oxygens (including phenoxy) is 1. The maximum Gasteiger partial charge on any atom is 0.211 e. The first-order chi connectivity index (χ1) is 3.85. The van der Waals surface area contributed by atoms with Gasteiger partial charge in [-0.2, -0.15) is 0 Å². The van der Waals surface area contributed by atoms with Crippen LogP contribution in [0.15, 0.2) is 0 Å². The normalized spacial score (nSPS) is 22.4. The Morgan fingerprint density at radius 2 is 2.12 bits per heavy atom. The molecular weight excluding hydrogens is 110 g/mol. The van der Waals surface area contributed by atoms with Crippen molar-refractivity contribution in [2.45, 2.75) is 6.10 Å². The van der Waals surface area contributed by atoms with Crippen molar-refractivity contribution < 1.29 is 9.84 Å². The molecule has 3 N–H and O–H groups in total. The van der Waals surface area contributed by atoms with E-state index in [1.807, 2.05) is 4.91 Å². The molecule has 1 unspecified atom stereocenters. The van der Waals surface area contributed by atoms with Crippen LogP contribution >= 0.6 is 0 Å². The summed E-state index contributed by atoms with van der Waals surface area (Å²) >= 11 is 0. The molecule has 1 fully saturated rings. The van der Waals surface area contributed by atoms with Crippen LogP contribution in [0.5, 0.6) is 0 Å². The van der Waals surface area contributed by atoms with Crippen LogP contribution in [0.3, 0.4) is 0 Å². The molecule has 5 nitrogen and oxygen atoms in total. The molecule has 0 saturated carbocycles. The number of hydrogen-bond donors (Lipinski definition) is 3. The Labute approximate surface area is 46.3 Å². The van der Waals surface area contributed by atoms with Gasteiger partial charge in [-0.25, -0.2) is 0 Å². The predicted molar refractivity (Wildman–Crippen MR) is 24.4 cm³/mol. The lowest BCUT2D eigenvalue weighted by Crippen LogP contribution is -1.88. The van der Waals surface area contributed by atoms with Crippen LogP contribution in [-0.4, -0.2) is 24.4 Å². The molecule has 0 aliphatic carbocycles. The fourth-order valence-corrected chi connectivity index (χ4v) is 0.173. The molecule has 1 rings (SSSR count). The lowest BCUT2D eigenvalue weighted by atomic mass is 10.5. The van der Waals surface area contributed by atoms with E-state index in [0.717, 1.165) is 6.61 Å². The van der Waals surface area contributed by atoms with Crippen molar-refractivity contribution >= 4 is 0 Å². The molecule has 5 heteroatoms. The van der Waals surface area contributed by atoms with Gasteiger partial charge in [0.1, 0.15) is 17.2 Å². The van der Waals surface area contributed by atoms with E-state index in [2.05, 4.69) is 4.74 Å². The molecule has 8 heavy (non-hydrogen) atoms. The third kappa shape index (κ3) is 5.23. The van der Waals surface area contributed by atoms with Crippen molar-refractivity contribution in [3.05, 3.63) is 0 Å². The lowest BCUT2D eigenvalue weighted by Gasteiger charge is -1.70. The van der Waals surface area contributed by atoms with Gasteiger partial charge in [-0.1, -0.05) is 0 Å². The number of hydrogen-bond acceptors (Lipinski definition) is 4. The summed E-state index contributed by atoms with van der Waals surface area (Å²) in [5.41, 5.74) is 11.0. The van der Waals surface area contributed by atoms with Crippen molar-refractivity contribution in [3.63, 3.8) is 0 Å². The summed E-state index contributed by atoms with van der Waals surface area (Å²) in [7, 11) is 0. The largest absolute Gasteiger partial charge is 0.394 e. The van der Waals surface area contributed by atoms with Crippen LogP contribution in [-0.2, 0) is 4.74 Å². The van der Waals surface area contributed by atoms with E-state index < -0.39 is 0 Å². The van der Waals surface area contributed by atoms with Crippen LogP contribution in [0.1, 0.15) is 0 Å². The second kappa shape index (κ2) is 4.39. The summed E-state index contributed by atoms with van der Waals surface area (Å²) in [6.07, 6.45) is 0.190. The first kappa shape index (κ1) is 7.23. The van der Waals surface area contributed by atoms with Gasteiger partial charge >= 0.3 is 0 Å². The minimum atomic E-state index is 0.190. The minimum absolute atomic E-state index is 0.190. The molecule has 46 valence electrons. The van der Waals surface area contributed by atoms with Crippen LogP contribution < -0.4 is 4.91 Å². The van der Waals surface area contributed by atoms with E-state index >= 15 is 0 Å². The molecule has 0 aromatic heterocycles. The van der Waals surface area contributed by atoms with E-state index in [9.17, 15) is 0 Å². The van der Waals surface area contributed by atoms with Gasteiger partial charge in [0.15, 0.2) is 0 Å². The van der Waals surface area contributed by atoms with Gasteiger partial charge in [0.05, 0.1) is 13.2 Å². The average molecular weight is 118 g/mol. The highest BCUT2D eigenvalue weighted by Crippen LogP contribution is 2.04. The van der Waals surface area contributed by atoms with Crippen molar-refractivity contribution in [3.8, 4) is 0 Å². The number of nitrogens with zero attached hydrogens (tertiary/aromatic N) is 1. The quantitative estimate of drug-likeness (QED) is 0.246. The van der Waals surface area contributed by atoms with E-state index in [1.165, 1.54) is 0 Å². The first-order valence-electron chi connectivity index (χ1n) is 2.10. The van der Waals surface area contributed by atoms with E-state index in [4.69, 9.17) is 16.2 Å². The topological polar surface area (TPSA) is 94.6 Å². The molecule has 0 bridgehead atoms. The van der Waals surface area contributed by atoms with Gasteiger partial charge in [-0.15, -0.1) is 0 Å². The summed E-state index contributed by atoms with van der Waals surface area (Å²) in [6.45, 7) is 0.955. The summed E-state index contributed by atoms with van der Waals surface area (Å²) < 4.78 is 4.61. The van der Waals surface area contributed by atoms with Crippen molar-refractivity contribution in [1.82, 2.24) is 4.91 Å². The van der Waals surface area contributed by atoms with Gasteiger partial charge in [0.25, 0.3) is 0 Å². The number of nitrogens with one attached hydrogen (secondary N) is 2. The van der Waals surface area contributed by atoms with Crippen LogP contribution in [0, 0.1) is 11.1 Å². The summed E-state index contributed by atoms with van der Waals surface area (Å²) in [5.74, 6) is 0. The summed E-state index contributed by atoms with van der Waals surface area (Å²) in [6, 6.07) is 0. The van der Waals surface area contributed by atoms with Gasteiger partial charge in [-0.3, -0.25) is 0 Å². The van der Waals surface area contributed by atoms with E-state index in [-0.39, 0.29) is 12.7 Å². The highest BCUT2D eigenvalue weighted by Gasteiger charge is 2.19. The number of rotatable bonds is 1. The van der Waals surface area contributed by atoms with Crippen molar-refractivity contribution in [2.24, 2.45) is 0 Å². The van der Waals surface area contributed by atoms with E-state index in [1.54, 1.807) is 0 Å². The smallest absolute Gasteiger partial charge is 0.211 e. The highest BCUT2D eigenvalue weighted by molar-refractivity contribution is 4.65. The highest BCUT2D eigenvalue weighted by atomic mass is 16.6. The molecule has 1 saturated heterocycles. The van der Waals surface area contributed by atoms with Gasteiger partial charge in [0, 0.05) is 0 Å². The van der Waals surface area contributed by atoms with Crippen molar-refractivity contribution in [2.75, 3.05) is 13.2 Å². The Morgan fingerprint density at radius 3 is 2.12 bits per heavy atom. The van der Waals surface area contributed by atoms with Crippen LogP contribution in [0.2, 0.25) is 0 Å². The fourth-order valence-electron chi connectivity index (χ4n) is 0.173. The zero-order valence-electron chi connectivity index (χ0n) is 4.29. The predicted octanol–water partition coefficient (Wildman–Crippen LogP) is -0.507. The molecule has 0 aromatic rings. The average Bonchev–Trinajstić information content (AvgIpc) is 2.48. The zero-order valence-corrected chi connectivity index (χ0v) is 4.29.